The molecule has 0 aliphatic carbocycles. The Morgan fingerprint density at radius 1 is 1.21 bits per heavy atom. The molecule has 0 N–H and O–H groups in total. The molecule has 0 saturated carbocycles. The SMILES string of the molecule is Cc1cc(C(=O)N2CCCC2)cc(S(=O)(=O)Cl)c1C. The first-order valence-electron chi connectivity index (χ1n) is 6.16. The van der Waals surface area contributed by atoms with E-state index in [1.807, 2.05) is 0 Å². The van der Waals surface area contributed by atoms with E-state index in [-0.39, 0.29) is 10.8 Å². The number of halogens is 1. The molecule has 1 aromatic rings. The quantitative estimate of drug-likeness (QED) is 0.789. The molecule has 1 fully saturated rings. The normalized spacial score (nSPS) is 15.8. The van der Waals surface area contributed by atoms with Crippen LogP contribution in [0.5, 0.6) is 0 Å². The van der Waals surface area contributed by atoms with Crippen molar-refractivity contribution in [3.05, 3.63) is 28.8 Å². The fraction of sp³-hybridized carbons (Fsp3) is 0.462. The minimum absolute atomic E-state index is 0.0247. The van der Waals surface area contributed by atoms with Crippen LogP contribution in [0, 0.1) is 13.8 Å². The van der Waals surface area contributed by atoms with Gasteiger partial charge in [-0.15, -0.1) is 0 Å². The zero-order valence-corrected chi connectivity index (χ0v) is 12.5. The van der Waals surface area contributed by atoms with Crippen LogP contribution in [0.1, 0.15) is 34.3 Å². The Balaban J connectivity index is 2.48. The molecule has 0 bridgehead atoms. The lowest BCUT2D eigenvalue weighted by Gasteiger charge is -2.17. The van der Waals surface area contributed by atoms with Crippen LogP contribution in [-0.4, -0.2) is 32.3 Å². The van der Waals surface area contributed by atoms with Gasteiger partial charge in [0.05, 0.1) is 4.90 Å². The van der Waals surface area contributed by atoms with Crippen molar-refractivity contribution in [2.45, 2.75) is 31.6 Å². The maximum atomic E-state index is 12.3. The highest BCUT2D eigenvalue weighted by Crippen LogP contribution is 2.25. The van der Waals surface area contributed by atoms with E-state index >= 15 is 0 Å². The highest BCUT2D eigenvalue weighted by Gasteiger charge is 2.23. The number of likely N-dealkylation sites (tertiary alicyclic amines) is 1. The van der Waals surface area contributed by atoms with E-state index in [1.165, 1.54) is 6.07 Å². The van der Waals surface area contributed by atoms with E-state index in [1.54, 1.807) is 24.8 Å². The molecule has 6 heteroatoms. The molecule has 1 saturated heterocycles. The number of hydrogen-bond donors (Lipinski definition) is 0. The number of carbonyl (C=O) groups excluding carboxylic acids is 1. The van der Waals surface area contributed by atoms with E-state index in [0.717, 1.165) is 31.5 Å². The van der Waals surface area contributed by atoms with Crippen molar-refractivity contribution in [1.82, 2.24) is 4.90 Å². The van der Waals surface area contributed by atoms with E-state index in [0.29, 0.717) is 11.1 Å². The summed E-state index contributed by atoms with van der Waals surface area (Å²) in [7, 11) is 1.59. The number of carbonyl (C=O) groups is 1. The predicted molar refractivity (Wildman–Crippen MR) is 74.1 cm³/mol. The second kappa shape index (κ2) is 5.13. The lowest BCUT2D eigenvalue weighted by atomic mass is 10.1. The highest BCUT2D eigenvalue weighted by atomic mass is 35.7. The molecular formula is C13H16ClNO3S. The van der Waals surface area contributed by atoms with Crippen LogP contribution in [0.3, 0.4) is 0 Å². The van der Waals surface area contributed by atoms with Gasteiger partial charge in [0, 0.05) is 29.3 Å². The third kappa shape index (κ3) is 2.92. The van der Waals surface area contributed by atoms with Crippen molar-refractivity contribution < 1.29 is 13.2 Å². The van der Waals surface area contributed by atoms with Gasteiger partial charge >= 0.3 is 0 Å². The van der Waals surface area contributed by atoms with Crippen LogP contribution in [0.25, 0.3) is 0 Å². The monoisotopic (exact) mass is 301 g/mol. The zero-order valence-electron chi connectivity index (χ0n) is 10.9. The van der Waals surface area contributed by atoms with Crippen LogP contribution >= 0.6 is 10.7 Å². The number of rotatable bonds is 2. The standard InChI is InChI=1S/C13H16ClNO3S/c1-9-7-11(13(16)15-5-3-4-6-15)8-12(10(9)2)19(14,17)18/h7-8H,3-6H2,1-2H3. The van der Waals surface area contributed by atoms with Crippen LogP contribution in [0.4, 0.5) is 0 Å². The largest absolute Gasteiger partial charge is 0.339 e. The number of nitrogens with zero attached hydrogens (tertiary/aromatic N) is 1. The number of benzene rings is 1. The lowest BCUT2D eigenvalue weighted by Crippen LogP contribution is -2.27. The first-order chi connectivity index (χ1) is 8.80. The Kier molecular flexibility index (Phi) is 3.87. The first-order valence-corrected chi connectivity index (χ1v) is 8.47. The Morgan fingerprint density at radius 2 is 1.79 bits per heavy atom. The van der Waals surface area contributed by atoms with E-state index in [9.17, 15) is 13.2 Å². The molecule has 104 valence electrons. The Hall–Kier alpha value is -1.07. The van der Waals surface area contributed by atoms with Gasteiger partial charge < -0.3 is 4.90 Å². The summed E-state index contributed by atoms with van der Waals surface area (Å²) in [6.45, 7) is 4.93. The summed E-state index contributed by atoms with van der Waals surface area (Å²) in [5.74, 6) is -0.123. The van der Waals surface area contributed by atoms with Gasteiger partial charge in [-0.2, -0.15) is 0 Å². The van der Waals surface area contributed by atoms with E-state index < -0.39 is 9.05 Å². The molecule has 0 spiro atoms. The zero-order chi connectivity index (χ0) is 14.2. The molecule has 19 heavy (non-hydrogen) atoms. The van der Waals surface area contributed by atoms with Crippen LogP contribution < -0.4 is 0 Å². The van der Waals surface area contributed by atoms with E-state index in [2.05, 4.69) is 0 Å². The average Bonchev–Trinajstić information content (AvgIpc) is 2.83. The summed E-state index contributed by atoms with van der Waals surface area (Å²) >= 11 is 0. The second-order valence-corrected chi connectivity index (χ2v) is 7.39. The number of hydrogen-bond acceptors (Lipinski definition) is 3. The minimum Gasteiger partial charge on any atom is -0.339 e. The van der Waals surface area contributed by atoms with Crippen molar-refractivity contribution >= 4 is 25.6 Å². The molecule has 4 nitrogen and oxygen atoms in total. The number of amides is 1. The lowest BCUT2D eigenvalue weighted by molar-refractivity contribution is 0.0792. The summed E-state index contributed by atoms with van der Waals surface area (Å²) in [5, 5.41) is 0. The molecule has 1 amide bonds. The van der Waals surface area contributed by atoms with Crippen molar-refractivity contribution in [3.63, 3.8) is 0 Å². The smallest absolute Gasteiger partial charge is 0.261 e. The van der Waals surface area contributed by atoms with Gasteiger partial charge in [-0.25, -0.2) is 8.42 Å². The topological polar surface area (TPSA) is 54.5 Å². The molecule has 0 aromatic heterocycles. The summed E-state index contributed by atoms with van der Waals surface area (Å²) in [4.78, 5) is 14.0. The molecule has 1 aliphatic rings. The maximum absolute atomic E-state index is 12.3. The fourth-order valence-corrected chi connectivity index (χ4v) is 3.58. The predicted octanol–water partition coefficient (Wildman–Crippen LogP) is 2.47. The van der Waals surface area contributed by atoms with Crippen molar-refractivity contribution in [2.24, 2.45) is 0 Å². The van der Waals surface area contributed by atoms with Crippen LogP contribution in [-0.2, 0) is 9.05 Å². The van der Waals surface area contributed by atoms with Crippen LogP contribution in [0.15, 0.2) is 17.0 Å². The third-order valence-electron chi connectivity index (χ3n) is 3.52. The van der Waals surface area contributed by atoms with Crippen LogP contribution in [0.2, 0.25) is 0 Å². The van der Waals surface area contributed by atoms with Gasteiger partial charge in [0.25, 0.3) is 15.0 Å². The first kappa shape index (κ1) is 14.3. The molecule has 1 aliphatic heterocycles. The van der Waals surface area contributed by atoms with Gasteiger partial charge in [0.15, 0.2) is 0 Å². The third-order valence-corrected chi connectivity index (χ3v) is 4.97. The molecule has 0 atom stereocenters. The van der Waals surface area contributed by atoms with Crippen molar-refractivity contribution in [1.29, 1.82) is 0 Å². The average molecular weight is 302 g/mol. The fourth-order valence-electron chi connectivity index (χ4n) is 2.31. The molecule has 0 radical (unpaired) electrons. The second-order valence-electron chi connectivity index (χ2n) is 4.85. The van der Waals surface area contributed by atoms with Gasteiger partial charge in [-0.3, -0.25) is 4.79 Å². The van der Waals surface area contributed by atoms with Crippen molar-refractivity contribution in [2.75, 3.05) is 13.1 Å². The van der Waals surface area contributed by atoms with E-state index in [4.69, 9.17) is 10.7 Å². The molecule has 2 rings (SSSR count). The Labute approximate surface area is 117 Å². The molecule has 0 unspecified atom stereocenters. The summed E-state index contributed by atoms with van der Waals surface area (Å²) < 4.78 is 23.1. The minimum atomic E-state index is -3.83. The Morgan fingerprint density at radius 3 is 2.32 bits per heavy atom. The number of aryl methyl sites for hydroxylation is 1. The summed E-state index contributed by atoms with van der Waals surface area (Å²) in [6.07, 6.45) is 1.99. The molecular weight excluding hydrogens is 286 g/mol. The maximum Gasteiger partial charge on any atom is 0.261 e. The highest BCUT2D eigenvalue weighted by molar-refractivity contribution is 8.13. The van der Waals surface area contributed by atoms with Gasteiger partial charge in [-0.05, 0) is 49.9 Å². The summed E-state index contributed by atoms with van der Waals surface area (Å²) in [5.41, 5.74) is 1.74. The summed E-state index contributed by atoms with van der Waals surface area (Å²) in [6, 6.07) is 3.10. The van der Waals surface area contributed by atoms with Crippen molar-refractivity contribution in [3.8, 4) is 0 Å². The van der Waals surface area contributed by atoms with Gasteiger partial charge in [0.1, 0.15) is 0 Å². The molecule has 1 aromatic carbocycles. The Bertz CT molecular complexity index is 619. The van der Waals surface area contributed by atoms with Gasteiger partial charge in [0.2, 0.25) is 0 Å². The molecule has 1 heterocycles. The van der Waals surface area contributed by atoms with Gasteiger partial charge in [-0.1, -0.05) is 0 Å².